The first-order valence-corrected chi connectivity index (χ1v) is 6.23. The van der Waals surface area contributed by atoms with E-state index in [0.29, 0.717) is 19.0 Å². The minimum Gasteiger partial charge on any atom is -0.475 e. The first-order valence-electron chi connectivity index (χ1n) is 6.23. The molecule has 1 saturated carbocycles. The lowest BCUT2D eigenvalue weighted by atomic mass is 10.00. The van der Waals surface area contributed by atoms with Crippen molar-refractivity contribution < 1.29 is 24.3 Å². The van der Waals surface area contributed by atoms with Crippen LogP contribution < -0.4 is 0 Å². The third-order valence-corrected chi connectivity index (χ3v) is 4.05. The van der Waals surface area contributed by atoms with Gasteiger partial charge in [0.05, 0.1) is 6.10 Å². The van der Waals surface area contributed by atoms with Crippen LogP contribution in [0, 0.1) is 11.8 Å². The van der Waals surface area contributed by atoms with Crippen molar-refractivity contribution in [1.82, 2.24) is 10.1 Å². The number of aliphatic hydroxyl groups excluding tert-OH is 1. The Kier molecular flexibility index (Phi) is 2.78. The molecule has 0 aromatic carbocycles. The summed E-state index contributed by atoms with van der Waals surface area (Å²) < 4.78 is 4.58. The number of fused-ring (bicyclic) bond motifs is 1. The van der Waals surface area contributed by atoms with Gasteiger partial charge in [0.15, 0.2) is 5.69 Å². The van der Waals surface area contributed by atoms with Crippen molar-refractivity contribution in [2.24, 2.45) is 11.8 Å². The van der Waals surface area contributed by atoms with E-state index < -0.39 is 5.97 Å². The number of carboxylic acids is 1. The molecule has 3 unspecified atom stereocenters. The van der Waals surface area contributed by atoms with Crippen LogP contribution in [0.3, 0.4) is 0 Å². The van der Waals surface area contributed by atoms with Crippen molar-refractivity contribution in [3.8, 4) is 0 Å². The van der Waals surface area contributed by atoms with Crippen molar-refractivity contribution >= 4 is 11.9 Å². The topological polar surface area (TPSA) is 104 Å². The molecule has 0 bridgehead atoms. The van der Waals surface area contributed by atoms with Gasteiger partial charge in [-0.1, -0.05) is 5.16 Å². The SMILES string of the molecule is O=C(O)c1cc(C(=O)N2CC3CCC(O)C3C2)no1. The lowest BCUT2D eigenvalue weighted by molar-refractivity contribution is 0.0648. The van der Waals surface area contributed by atoms with Gasteiger partial charge >= 0.3 is 5.97 Å². The Morgan fingerprint density at radius 3 is 2.79 bits per heavy atom. The van der Waals surface area contributed by atoms with Crippen molar-refractivity contribution in [3.05, 3.63) is 17.5 Å². The summed E-state index contributed by atoms with van der Waals surface area (Å²) in [5.41, 5.74) is 0.00635. The maximum atomic E-state index is 12.1. The highest BCUT2D eigenvalue weighted by Crippen LogP contribution is 2.38. The van der Waals surface area contributed by atoms with Crippen molar-refractivity contribution in [3.63, 3.8) is 0 Å². The first kappa shape index (κ1) is 12.2. The molecule has 7 nitrogen and oxygen atoms in total. The molecule has 2 heterocycles. The Labute approximate surface area is 108 Å². The quantitative estimate of drug-likeness (QED) is 0.793. The summed E-state index contributed by atoms with van der Waals surface area (Å²) in [4.78, 5) is 24.4. The Hall–Kier alpha value is -1.89. The van der Waals surface area contributed by atoms with Crippen molar-refractivity contribution in [1.29, 1.82) is 0 Å². The molecule has 0 radical (unpaired) electrons. The molecule has 1 aromatic rings. The number of hydrogen-bond donors (Lipinski definition) is 2. The fraction of sp³-hybridized carbons (Fsp3) is 0.583. The highest BCUT2D eigenvalue weighted by molar-refractivity contribution is 5.95. The number of aliphatic hydroxyl groups is 1. The molecule has 1 aliphatic carbocycles. The number of likely N-dealkylation sites (tertiary alicyclic amines) is 1. The fourth-order valence-corrected chi connectivity index (χ4v) is 3.04. The van der Waals surface area contributed by atoms with Crippen molar-refractivity contribution in [2.75, 3.05) is 13.1 Å². The molecule has 3 atom stereocenters. The summed E-state index contributed by atoms with van der Waals surface area (Å²) in [5.74, 6) is -1.46. The van der Waals surface area contributed by atoms with E-state index in [-0.39, 0.29) is 29.4 Å². The summed E-state index contributed by atoms with van der Waals surface area (Å²) >= 11 is 0. The summed E-state index contributed by atoms with van der Waals surface area (Å²) in [6.07, 6.45) is 1.38. The predicted octanol–water partition coefficient (Wildman–Crippen LogP) is 0.216. The molecule has 2 aliphatic rings. The number of carbonyl (C=O) groups is 2. The zero-order valence-corrected chi connectivity index (χ0v) is 10.2. The Bertz CT molecular complexity index is 526. The molecule has 1 saturated heterocycles. The van der Waals surface area contributed by atoms with Crippen LogP contribution in [0.5, 0.6) is 0 Å². The Balaban J connectivity index is 1.73. The van der Waals surface area contributed by atoms with E-state index in [9.17, 15) is 14.7 Å². The van der Waals surface area contributed by atoms with Crippen LogP contribution in [0.15, 0.2) is 10.6 Å². The minimum atomic E-state index is -1.25. The molecule has 1 amide bonds. The maximum Gasteiger partial charge on any atom is 0.374 e. The molecule has 7 heteroatoms. The van der Waals surface area contributed by atoms with Gasteiger partial charge in [0, 0.05) is 25.1 Å². The molecular formula is C12H14N2O5. The summed E-state index contributed by atoms with van der Waals surface area (Å²) in [5, 5.41) is 22.0. The third kappa shape index (κ3) is 1.99. The van der Waals surface area contributed by atoms with Gasteiger partial charge in [-0.15, -0.1) is 0 Å². The van der Waals surface area contributed by atoms with Gasteiger partial charge in [-0.05, 0) is 18.8 Å². The van der Waals surface area contributed by atoms with E-state index in [1.807, 2.05) is 0 Å². The number of amides is 1. The number of rotatable bonds is 2. The summed E-state index contributed by atoms with van der Waals surface area (Å²) in [7, 11) is 0. The van der Waals surface area contributed by atoms with Crippen LogP contribution in [-0.2, 0) is 0 Å². The highest BCUT2D eigenvalue weighted by atomic mass is 16.5. The maximum absolute atomic E-state index is 12.1. The number of nitrogens with zero attached hydrogens (tertiary/aromatic N) is 2. The van der Waals surface area contributed by atoms with E-state index >= 15 is 0 Å². The van der Waals surface area contributed by atoms with Crippen LogP contribution in [-0.4, -0.2) is 51.3 Å². The molecule has 3 rings (SSSR count). The number of aromatic carboxylic acids is 1. The van der Waals surface area contributed by atoms with Gasteiger partial charge in [0.1, 0.15) is 0 Å². The molecule has 102 valence electrons. The monoisotopic (exact) mass is 266 g/mol. The van der Waals surface area contributed by atoms with Crippen LogP contribution in [0.1, 0.15) is 33.9 Å². The zero-order chi connectivity index (χ0) is 13.6. The van der Waals surface area contributed by atoms with E-state index in [1.165, 1.54) is 0 Å². The highest BCUT2D eigenvalue weighted by Gasteiger charge is 2.43. The first-order chi connectivity index (χ1) is 9.06. The minimum absolute atomic E-state index is 0.00635. The van der Waals surface area contributed by atoms with E-state index in [0.717, 1.165) is 18.9 Å². The number of carboxylic acid groups (broad SMARTS) is 1. The van der Waals surface area contributed by atoms with Crippen molar-refractivity contribution in [2.45, 2.75) is 18.9 Å². The second-order valence-electron chi connectivity index (χ2n) is 5.16. The lowest BCUT2D eigenvalue weighted by Gasteiger charge is -2.16. The van der Waals surface area contributed by atoms with Crippen LogP contribution in [0.4, 0.5) is 0 Å². The van der Waals surface area contributed by atoms with Gasteiger partial charge < -0.3 is 19.6 Å². The standard InChI is InChI=1S/C12H14N2O5/c15-9-2-1-6-4-14(5-7(6)9)11(16)8-3-10(12(17)18)19-13-8/h3,6-7,9,15H,1-2,4-5H2,(H,17,18). The smallest absolute Gasteiger partial charge is 0.374 e. The Morgan fingerprint density at radius 1 is 1.37 bits per heavy atom. The summed E-state index contributed by atoms with van der Waals surface area (Å²) in [6, 6.07) is 1.13. The van der Waals surface area contributed by atoms with E-state index in [1.54, 1.807) is 4.90 Å². The lowest BCUT2D eigenvalue weighted by Crippen LogP contribution is -2.31. The van der Waals surface area contributed by atoms with Gasteiger partial charge in [-0.25, -0.2) is 4.79 Å². The average molecular weight is 266 g/mol. The van der Waals surface area contributed by atoms with Crippen LogP contribution in [0.2, 0.25) is 0 Å². The van der Waals surface area contributed by atoms with Gasteiger partial charge in [0.2, 0.25) is 5.76 Å². The molecule has 0 spiro atoms. The molecule has 2 fully saturated rings. The molecule has 2 N–H and O–H groups in total. The number of carbonyl (C=O) groups excluding carboxylic acids is 1. The number of aromatic nitrogens is 1. The third-order valence-electron chi connectivity index (χ3n) is 4.05. The number of hydrogen-bond acceptors (Lipinski definition) is 5. The summed E-state index contributed by atoms with van der Waals surface area (Å²) in [6.45, 7) is 1.09. The van der Waals surface area contributed by atoms with Gasteiger partial charge in [0.25, 0.3) is 5.91 Å². The van der Waals surface area contributed by atoms with Crippen LogP contribution >= 0.6 is 0 Å². The molecule has 1 aromatic heterocycles. The largest absolute Gasteiger partial charge is 0.475 e. The predicted molar refractivity (Wildman–Crippen MR) is 61.6 cm³/mol. The van der Waals surface area contributed by atoms with E-state index in [4.69, 9.17) is 5.11 Å². The zero-order valence-electron chi connectivity index (χ0n) is 10.2. The van der Waals surface area contributed by atoms with Gasteiger partial charge in [-0.2, -0.15) is 0 Å². The normalized spacial score (nSPS) is 29.5. The van der Waals surface area contributed by atoms with Gasteiger partial charge in [-0.3, -0.25) is 4.79 Å². The van der Waals surface area contributed by atoms with E-state index in [2.05, 4.69) is 9.68 Å². The average Bonchev–Trinajstić information content (AvgIpc) is 3.05. The van der Waals surface area contributed by atoms with Crippen LogP contribution in [0.25, 0.3) is 0 Å². The molecular weight excluding hydrogens is 252 g/mol. The second kappa shape index (κ2) is 4.34. The molecule has 19 heavy (non-hydrogen) atoms. The molecule has 1 aliphatic heterocycles. The fourth-order valence-electron chi connectivity index (χ4n) is 3.04. The second-order valence-corrected chi connectivity index (χ2v) is 5.16. The Morgan fingerprint density at radius 2 is 2.16 bits per heavy atom.